The molecule has 0 amide bonds. The van der Waals surface area contributed by atoms with Crippen molar-refractivity contribution >= 4 is 35.1 Å². The lowest BCUT2D eigenvalue weighted by molar-refractivity contribution is -0.145. The summed E-state index contributed by atoms with van der Waals surface area (Å²) in [4.78, 5) is 30.2. The highest BCUT2D eigenvalue weighted by Crippen LogP contribution is 1.86. The van der Waals surface area contributed by atoms with Crippen molar-refractivity contribution in [2.24, 2.45) is 0 Å². The SMILES string of the molecule is CCCC(=O)O.CCOC(=O)CC(C)=O.[AlH3]. The van der Waals surface area contributed by atoms with Crippen molar-refractivity contribution in [1.82, 2.24) is 0 Å². The minimum atomic E-state index is -0.711. The molecule has 0 aliphatic heterocycles. The van der Waals surface area contributed by atoms with Crippen molar-refractivity contribution in [3.05, 3.63) is 0 Å². The molecule has 0 unspecified atom stereocenters. The number of ether oxygens (including phenoxy) is 1. The molecule has 0 aromatic carbocycles. The molecule has 0 rings (SSSR count). The number of carbonyl (C=O) groups is 3. The molecule has 0 atom stereocenters. The highest BCUT2D eigenvalue weighted by Gasteiger charge is 2.03. The lowest BCUT2D eigenvalue weighted by atomic mass is 10.3. The van der Waals surface area contributed by atoms with Gasteiger partial charge in [0.2, 0.25) is 0 Å². The van der Waals surface area contributed by atoms with Crippen LogP contribution in [0.3, 0.4) is 0 Å². The molecule has 0 fully saturated rings. The van der Waals surface area contributed by atoms with Crippen LogP contribution >= 0.6 is 0 Å². The number of carboxylic acids is 1. The molecule has 0 radical (unpaired) electrons. The summed E-state index contributed by atoms with van der Waals surface area (Å²) in [6.45, 7) is 5.25. The molecular weight excluding hydrogens is 227 g/mol. The van der Waals surface area contributed by atoms with E-state index in [4.69, 9.17) is 5.11 Å². The summed E-state index contributed by atoms with van der Waals surface area (Å²) in [6.07, 6.45) is 0.920. The van der Waals surface area contributed by atoms with E-state index in [9.17, 15) is 14.4 Å². The van der Waals surface area contributed by atoms with Gasteiger partial charge in [-0.3, -0.25) is 14.4 Å². The van der Waals surface area contributed by atoms with Gasteiger partial charge in [0.25, 0.3) is 0 Å². The van der Waals surface area contributed by atoms with Gasteiger partial charge in [-0.2, -0.15) is 0 Å². The third kappa shape index (κ3) is 23.2. The van der Waals surface area contributed by atoms with Crippen LogP contribution in [-0.2, 0) is 19.1 Å². The minimum Gasteiger partial charge on any atom is -0.481 e. The van der Waals surface area contributed by atoms with E-state index < -0.39 is 11.9 Å². The predicted octanol–water partition coefficient (Wildman–Crippen LogP) is 0.216. The number of hydrogen-bond acceptors (Lipinski definition) is 4. The Hall–Kier alpha value is -0.858. The Morgan fingerprint density at radius 3 is 1.88 bits per heavy atom. The average Bonchev–Trinajstić information content (AvgIpc) is 2.03. The molecule has 94 valence electrons. The highest BCUT2D eigenvalue weighted by molar-refractivity contribution is 5.94. The topological polar surface area (TPSA) is 80.7 Å². The maximum Gasteiger partial charge on any atom is 0.313 e. The van der Waals surface area contributed by atoms with Crippen LogP contribution in [0.2, 0.25) is 0 Å². The molecule has 0 spiro atoms. The second-order valence-electron chi connectivity index (χ2n) is 2.83. The summed E-state index contributed by atoms with van der Waals surface area (Å²) < 4.78 is 4.49. The van der Waals surface area contributed by atoms with Crippen LogP contribution in [0.5, 0.6) is 0 Å². The number of rotatable bonds is 5. The first kappa shape index (κ1) is 20.5. The molecule has 5 nitrogen and oxygen atoms in total. The van der Waals surface area contributed by atoms with Crippen LogP contribution in [0, 0.1) is 0 Å². The number of aliphatic carboxylic acids is 1. The zero-order chi connectivity index (χ0) is 12.3. The van der Waals surface area contributed by atoms with Crippen LogP contribution in [0.25, 0.3) is 0 Å². The summed E-state index contributed by atoms with van der Waals surface area (Å²) in [5, 5.41) is 7.91. The fraction of sp³-hybridized carbons (Fsp3) is 0.700. The van der Waals surface area contributed by atoms with E-state index in [1.165, 1.54) is 6.92 Å². The van der Waals surface area contributed by atoms with Crippen LogP contribution in [0.4, 0.5) is 0 Å². The molecule has 0 aromatic heterocycles. The van der Waals surface area contributed by atoms with E-state index in [-0.39, 0.29) is 29.6 Å². The maximum absolute atomic E-state index is 10.4. The zero-order valence-electron chi connectivity index (χ0n) is 9.41. The van der Waals surface area contributed by atoms with Gasteiger partial charge >= 0.3 is 11.9 Å². The van der Waals surface area contributed by atoms with Gasteiger partial charge in [-0.1, -0.05) is 6.92 Å². The number of carboxylic acid groups (broad SMARTS) is 1. The van der Waals surface area contributed by atoms with Gasteiger partial charge in [0.15, 0.2) is 17.4 Å². The van der Waals surface area contributed by atoms with E-state index in [0.29, 0.717) is 13.0 Å². The van der Waals surface area contributed by atoms with Crippen molar-refractivity contribution in [2.45, 2.75) is 40.0 Å². The second-order valence-corrected chi connectivity index (χ2v) is 2.83. The number of carbonyl (C=O) groups excluding carboxylic acids is 2. The molecule has 0 saturated heterocycles. The molecule has 16 heavy (non-hydrogen) atoms. The van der Waals surface area contributed by atoms with E-state index in [1.807, 2.05) is 6.92 Å². The van der Waals surface area contributed by atoms with Crippen molar-refractivity contribution in [3.8, 4) is 0 Å². The van der Waals surface area contributed by atoms with E-state index in [2.05, 4.69) is 4.74 Å². The second kappa shape index (κ2) is 14.1. The molecule has 0 aromatic rings. The normalized spacial score (nSPS) is 7.94. The molecular formula is C10H21AlO5. The van der Waals surface area contributed by atoms with Gasteiger partial charge < -0.3 is 9.84 Å². The van der Waals surface area contributed by atoms with Crippen molar-refractivity contribution < 1.29 is 24.2 Å². The third-order valence-corrected chi connectivity index (χ3v) is 1.16. The van der Waals surface area contributed by atoms with Crippen molar-refractivity contribution in [2.75, 3.05) is 6.61 Å². The molecule has 0 aliphatic carbocycles. The fourth-order valence-electron chi connectivity index (χ4n) is 0.629. The molecule has 0 aliphatic rings. The summed E-state index contributed by atoms with van der Waals surface area (Å²) >= 11 is 0. The van der Waals surface area contributed by atoms with Crippen LogP contribution < -0.4 is 0 Å². The number of esters is 1. The van der Waals surface area contributed by atoms with Gasteiger partial charge in [-0.15, -0.1) is 0 Å². The summed E-state index contributed by atoms with van der Waals surface area (Å²) in [6, 6.07) is 0. The lowest BCUT2D eigenvalue weighted by Crippen LogP contribution is -2.07. The standard InChI is InChI=1S/C6H10O3.C4H8O2.Al.3H/c1-3-9-6(8)4-5(2)7;1-2-3-4(5)6;;;;/h3-4H2,1-2H3;2-3H2,1H3,(H,5,6);;;;. The molecule has 0 bridgehead atoms. The largest absolute Gasteiger partial charge is 0.481 e. The molecule has 1 N–H and O–H groups in total. The van der Waals surface area contributed by atoms with E-state index in [0.717, 1.165) is 6.42 Å². The number of hydrogen-bond donors (Lipinski definition) is 1. The van der Waals surface area contributed by atoms with Gasteiger partial charge in [0, 0.05) is 6.42 Å². The first-order valence-electron chi connectivity index (χ1n) is 4.80. The van der Waals surface area contributed by atoms with Gasteiger partial charge in [0.1, 0.15) is 12.2 Å². The Morgan fingerprint density at radius 2 is 1.69 bits per heavy atom. The van der Waals surface area contributed by atoms with Crippen LogP contribution in [0.15, 0.2) is 0 Å². The van der Waals surface area contributed by atoms with Crippen molar-refractivity contribution in [3.63, 3.8) is 0 Å². The van der Waals surface area contributed by atoms with Gasteiger partial charge in [-0.05, 0) is 20.3 Å². The molecule has 6 heteroatoms. The van der Waals surface area contributed by atoms with Gasteiger partial charge in [-0.25, -0.2) is 0 Å². The summed E-state index contributed by atoms with van der Waals surface area (Å²) in [7, 11) is 0. The number of ketones is 1. The predicted molar refractivity (Wildman–Crippen MR) is 64.4 cm³/mol. The lowest BCUT2D eigenvalue weighted by Gasteiger charge is -1.96. The Bertz CT molecular complexity index is 215. The molecule has 0 heterocycles. The van der Waals surface area contributed by atoms with Gasteiger partial charge in [0.05, 0.1) is 6.61 Å². The minimum absolute atomic E-state index is 0. The average molecular weight is 248 g/mol. The fourth-order valence-corrected chi connectivity index (χ4v) is 0.629. The monoisotopic (exact) mass is 248 g/mol. The third-order valence-electron chi connectivity index (χ3n) is 1.16. The maximum atomic E-state index is 10.4. The summed E-state index contributed by atoms with van der Waals surface area (Å²) in [5.41, 5.74) is 0. The Kier molecular flexibility index (Phi) is 18.2. The first-order chi connectivity index (χ1) is 6.93. The Balaban J connectivity index is -0.000000214. The van der Waals surface area contributed by atoms with E-state index in [1.54, 1.807) is 6.92 Å². The first-order valence-corrected chi connectivity index (χ1v) is 4.80. The molecule has 0 saturated carbocycles. The van der Waals surface area contributed by atoms with Crippen LogP contribution in [-0.4, -0.2) is 46.8 Å². The number of Topliss-reactive ketones (excluding diaryl/α,β-unsaturated/α-hetero) is 1. The van der Waals surface area contributed by atoms with E-state index >= 15 is 0 Å². The van der Waals surface area contributed by atoms with Crippen molar-refractivity contribution in [1.29, 1.82) is 0 Å². The Morgan fingerprint density at radius 1 is 1.19 bits per heavy atom. The summed E-state index contributed by atoms with van der Waals surface area (Å²) in [5.74, 6) is -1.31. The smallest absolute Gasteiger partial charge is 0.313 e. The quantitative estimate of drug-likeness (QED) is 0.427. The Labute approximate surface area is 106 Å². The highest BCUT2D eigenvalue weighted by atomic mass is 27.0. The zero-order valence-corrected chi connectivity index (χ0v) is 9.41. The van der Waals surface area contributed by atoms with Crippen LogP contribution in [0.1, 0.15) is 40.0 Å².